The molecule has 2 aromatic carbocycles. The van der Waals surface area contributed by atoms with E-state index in [2.05, 4.69) is 19.2 Å². The Kier molecular flexibility index (Phi) is 7.25. The molecule has 1 unspecified atom stereocenters. The highest BCUT2D eigenvalue weighted by Crippen LogP contribution is 2.23. The Bertz CT molecular complexity index is 1110. The summed E-state index contributed by atoms with van der Waals surface area (Å²) in [4.78, 5) is 12.2. The molecule has 0 saturated carbocycles. The third-order valence-electron chi connectivity index (χ3n) is 5.06. The molecule has 0 aliphatic heterocycles. The minimum atomic E-state index is -4.28. The van der Waals surface area contributed by atoms with Crippen molar-refractivity contribution >= 4 is 21.6 Å². The molecule has 3 rings (SSSR count). The van der Waals surface area contributed by atoms with Gasteiger partial charge in [0.05, 0.1) is 19.4 Å². The van der Waals surface area contributed by atoms with E-state index in [4.69, 9.17) is 4.42 Å². The summed E-state index contributed by atoms with van der Waals surface area (Å²) in [7, 11) is -4.28. The van der Waals surface area contributed by atoms with Crippen LogP contribution in [0.15, 0.2) is 76.2 Å². The van der Waals surface area contributed by atoms with E-state index < -0.39 is 33.2 Å². The van der Waals surface area contributed by atoms with E-state index in [9.17, 15) is 17.6 Å². The van der Waals surface area contributed by atoms with Gasteiger partial charge in [0.2, 0.25) is 15.9 Å². The summed E-state index contributed by atoms with van der Waals surface area (Å²) < 4.78 is 46.5. The van der Waals surface area contributed by atoms with Gasteiger partial charge < -0.3 is 9.73 Å². The fraction of sp³-hybridized carbons (Fsp3) is 0.261. The van der Waals surface area contributed by atoms with Crippen LogP contribution in [0, 0.1) is 5.82 Å². The number of sulfonamides is 1. The van der Waals surface area contributed by atoms with Gasteiger partial charge in [-0.25, -0.2) is 12.8 Å². The van der Waals surface area contributed by atoms with Crippen LogP contribution in [0.5, 0.6) is 0 Å². The van der Waals surface area contributed by atoms with Crippen LogP contribution in [0.25, 0.3) is 0 Å². The maximum Gasteiger partial charge on any atom is 0.246 e. The lowest BCUT2D eigenvalue weighted by Crippen LogP contribution is -2.37. The molecule has 1 amide bonds. The zero-order valence-corrected chi connectivity index (χ0v) is 18.2. The van der Waals surface area contributed by atoms with Crippen LogP contribution in [0.1, 0.15) is 37.5 Å². The summed E-state index contributed by atoms with van der Waals surface area (Å²) in [6.07, 6.45) is 2.41. The van der Waals surface area contributed by atoms with Gasteiger partial charge in [0.15, 0.2) is 0 Å². The van der Waals surface area contributed by atoms with Crippen molar-refractivity contribution in [3.8, 4) is 0 Å². The minimum Gasteiger partial charge on any atom is -0.468 e. The number of benzene rings is 2. The van der Waals surface area contributed by atoms with Crippen LogP contribution in [-0.4, -0.2) is 25.2 Å². The zero-order chi connectivity index (χ0) is 22.4. The smallest absolute Gasteiger partial charge is 0.246 e. The predicted octanol–water partition coefficient (Wildman–Crippen LogP) is 4.76. The van der Waals surface area contributed by atoms with Gasteiger partial charge in [0.1, 0.15) is 16.5 Å². The molecule has 0 fully saturated rings. The molecular formula is C23H25FN2O4S. The second-order valence-electron chi connectivity index (χ2n) is 7.26. The number of carbonyl (C=O) groups is 1. The first-order chi connectivity index (χ1) is 14.8. The number of furan rings is 1. The van der Waals surface area contributed by atoms with E-state index in [0.29, 0.717) is 17.4 Å². The molecule has 31 heavy (non-hydrogen) atoms. The molecule has 1 N–H and O–H groups in total. The van der Waals surface area contributed by atoms with Gasteiger partial charge in [-0.05, 0) is 54.3 Å². The second kappa shape index (κ2) is 9.89. The third kappa shape index (κ3) is 5.59. The molecule has 3 aromatic rings. The molecule has 0 radical (unpaired) electrons. The van der Waals surface area contributed by atoms with Crippen molar-refractivity contribution in [1.82, 2.24) is 4.31 Å². The molecule has 0 spiro atoms. The van der Waals surface area contributed by atoms with Gasteiger partial charge in [0, 0.05) is 5.69 Å². The van der Waals surface area contributed by atoms with Crippen molar-refractivity contribution < 1.29 is 22.0 Å². The standard InChI is InChI=1S/C23H25FN2O4S/c1-3-17(2)18-10-12-19(13-11-18)25-23(27)16-26(15-20-7-6-14-30-20)31(28,29)22-9-5-4-8-21(22)24/h4-14,17H,3,15-16H2,1-2H3,(H,25,27). The maximum absolute atomic E-state index is 14.2. The Morgan fingerprint density at radius 3 is 2.42 bits per heavy atom. The van der Waals surface area contributed by atoms with Gasteiger partial charge in [0.25, 0.3) is 0 Å². The highest BCUT2D eigenvalue weighted by Gasteiger charge is 2.30. The van der Waals surface area contributed by atoms with Crippen LogP contribution in [0.3, 0.4) is 0 Å². The fourth-order valence-electron chi connectivity index (χ4n) is 3.09. The first kappa shape index (κ1) is 22.7. The van der Waals surface area contributed by atoms with Crippen LogP contribution < -0.4 is 5.32 Å². The molecule has 0 saturated heterocycles. The SMILES string of the molecule is CCC(C)c1ccc(NC(=O)CN(Cc2ccco2)S(=O)(=O)c2ccccc2F)cc1. The van der Waals surface area contributed by atoms with E-state index in [1.807, 2.05) is 12.1 Å². The molecule has 0 bridgehead atoms. The number of hydrogen-bond acceptors (Lipinski definition) is 4. The fourth-order valence-corrected chi connectivity index (χ4v) is 4.51. The average Bonchev–Trinajstić information content (AvgIpc) is 3.26. The predicted molar refractivity (Wildman–Crippen MR) is 116 cm³/mol. The van der Waals surface area contributed by atoms with E-state index in [-0.39, 0.29) is 6.54 Å². The second-order valence-corrected chi connectivity index (χ2v) is 9.17. The van der Waals surface area contributed by atoms with Gasteiger partial charge in [-0.1, -0.05) is 38.1 Å². The van der Waals surface area contributed by atoms with Crippen molar-refractivity contribution in [2.75, 3.05) is 11.9 Å². The third-order valence-corrected chi connectivity index (χ3v) is 6.89. The summed E-state index contributed by atoms with van der Waals surface area (Å²) in [6.45, 7) is 3.52. The number of rotatable bonds is 9. The number of halogens is 1. The molecular weight excluding hydrogens is 419 g/mol. The number of carbonyl (C=O) groups excluding carboxylic acids is 1. The van der Waals surface area contributed by atoms with Crippen LogP contribution in [0.2, 0.25) is 0 Å². The normalized spacial score (nSPS) is 12.6. The zero-order valence-electron chi connectivity index (χ0n) is 17.4. The summed E-state index contributed by atoms with van der Waals surface area (Å²) >= 11 is 0. The van der Waals surface area contributed by atoms with Gasteiger partial charge in [-0.3, -0.25) is 4.79 Å². The van der Waals surface area contributed by atoms with E-state index in [1.54, 1.807) is 24.3 Å². The first-order valence-electron chi connectivity index (χ1n) is 9.98. The Hall–Kier alpha value is -2.97. The van der Waals surface area contributed by atoms with Gasteiger partial charge in [-0.2, -0.15) is 4.31 Å². The number of nitrogens with zero attached hydrogens (tertiary/aromatic N) is 1. The summed E-state index contributed by atoms with van der Waals surface area (Å²) in [5.41, 5.74) is 1.71. The number of amides is 1. The molecule has 0 aliphatic rings. The quantitative estimate of drug-likeness (QED) is 0.516. The lowest BCUT2D eigenvalue weighted by molar-refractivity contribution is -0.116. The number of anilines is 1. The van der Waals surface area contributed by atoms with Crippen molar-refractivity contribution in [2.45, 2.75) is 37.6 Å². The number of nitrogens with one attached hydrogen (secondary N) is 1. The van der Waals surface area contributed by atoms with Crippen LogP contribution >= 0.6 is 0 Å². The van der Waals surface area contributed by atoms with E-state index in [1.165, 1.54) is 24.5 Å². The maximum atomic E-state index is 14.2. The largest absolute Gasteiger partial charge is 0.468 e. The Labute approximate surface area is 181 Å². The van der Waals surface area contributed by atoms with Crippen LogP contribution in [0.4, 0.5) is 10.1 Å². The van der Waals surface area contributed by atoms with Crippen molar-refractivity contribution in [2.24, 2.45) is 0 Å². The van der Waals surface area contributed by atoms with Crippen molar-refractivity contribution in [3.05, 3.63) is 84.1 Å². The average molecular weight is 445 g/mol. The lowest BCUT2D eigenvalue weighted by Gasteiger charge is -2.21. The molecule has 1 aromatic heterocycles. The monoisotopic (exact) mass is 444 g/mol. The molecule has 6 nitrogen and oxygen atoms in total. The summed E-state index contributed by atoms with van der Waals surface area (Å²) in [5.74, 6) is -0.680. The Balaban J connectivity index is 1.80. The Morgan fingerprint density at radius 1 is 1.10 bits per heavy atom. The molecule has 164 valence electrons. The van der Waals surface area contributed by atoms with E-state index >= 15 is 0 Å². The lowest BCUT2D eigenvalue weighted by atomic mass is 9.99. The highest BCUT2D eigenvalue weighted by atomic mass is 32.2. The van der Waals surface area contributed by atoms with Crippen molar-refractivity contribution in [3.63, 3.8) is 0 Å². The molecule has 8 heteroatoms. The highest BCUT2D eigenvalue weighted by molar-refractivity contribution is 7.89. The topological polar surface area (TPSA) is 79.6 Å². The summed E-state index contributed by atoms with van der Waals surface area (Å²) in [6, 6.07) is 15.7. The molecule has 1 atom stereocenters. The van der Waals surface area contributed by atoms with Crippen molar-refractivity contribution in [1.29, 1.82) is 0 Å². The molecule has 0 aliphatic carbocycles. The van der Waals surface area contributed by atoms with E-state index in [0.717, 1.165) is 22.4 Å². The minimum absolute atomic E-state index is 0.204. The summed E-state index contributed by atoms with van der Waals surface area (Å²) in [5, 5.41) is 2.70. The Morgan fingerprint density at radius 2 is 1.81 bits per heavy atom. The van der Waals surface area contributed by atoms with Gasteiger partial charge in [-0.15, -0.1) is 0 Å². The van der Waals surface area contributed by atoms with Crippen LogP contribution in [-0.2, 0) is 21.4 Å². The van der Waals surface area contributed by atoms with Gasteiger partial charge >= 0.3 is 0 Å². The first-order valence-corrected chi connectivity index (χ1v) is 11.4. The molecule has 1 heterocycles. The number of hydrogen-bond donors (Lipinski definition) is 1.